The second kappa shape index (κ2) is 7.18. The van der Waals surface area contributed by atoms with Gasteiger partial charge in [-0.3, -0.25) is 4.90 Å². The highest BCUT2D eigenvalue weighted by atomic mass is 79.9. The van der Waals surface area contributed by atoms with Gasteiger partial charge in [0.2, 0.25) is 0 Å². The summed E-state index contributed by atoms with van der Waals surface area (Å²) in [7, 11) is 2.22. The van der Waals surface area contributed by atoms with Crippen LogP contribution in [0.3, 0.4) is 0 Å². The Hall–Kier alpha value is -0.800. The van der Waals surface area contributed by atoms with Gasteiger partial charge in [0.25, 0.3) is 0 Å². The maximum absolute atomic E-state index is 3.63. The van der Waals surface area contributed by atoms with Crippen molar-refractivity contribution in [3.8, 4) is 0 Å². The molecule has 0 atom stereocenters. The van der Waals surface area contributed by atoms with Crippen LogP contribution in [0.15, 0.2) is 22.7 Å². The summed E-state index contributed by atoms with van der Waals surface area (Å²) in [5, 5.41) is 1.43. The Bertz CT molecular complexity index is 644. The van der Waals surface area contributed by atoms with E-state index in [1.54, 1.807) is 5.56 Å². The second-order valence-corrected chi connectivity index (χ2v) is 7.50. The standard InChI is InChI=1S/C19H27BrN2/c1-3-4-5-6-7-11-22-12-10-19-17(14-22)16-13-15(20)8-9-18(16)21(19)2/h8-9,13H,3-7,10-12,14H2,1-2H3. The molecule has 1 aromatic heterocycles. The number of rotatable bonds is 6. The van der Waals surface area contributed by atoms with Crippen LogP contribution in [0.5, 0.6) is 0 Å². The number of fused-ring (bicyclic) bond motifs is 3. The molecule has 0 amide bonds. The molecule has 2 nitrogen and oxygen atoms in total. The summed E-state index contributed by atoms with van der Waals surface area (Å²) in [6.07, 6.45) is 8.05. The van der Waals surface area contributed by atoms with Gasteiger partial charge in [0, 0.05) is 47.6 Å². The largest absolute Gasteiger partial charge is 0.347 e. The summed E-state index contributed by atoms with van der Waals surface area (Å²) in [5.41, 5.74) is 4.46. The molecule has 0 spiro atoms. The minimum atomic E-state index is 1.12. The molecule has 0 fully saturated rings. The van der Waals surface area contributed by atoms with Crippen molar-refractivity contribution in [3.05, 3.63) is 33.9 Å². The van der Waals surface area contributed by atoms with Crippen molar-refractivity contribution in [3.63, 3.8) is 0 Å². The van der Waals surface area contributed by atoms with Gasteiger partial charge in [-0.05, 0) is 36.7 Å². The molecule has 120 valence electrons. The SMILES string of the molecule is CCCCCCCN1CCc2c(c3cc(Br)ccc3n2C)C1. The zero-order valence-corrected chi connectivity index (χ0v) is 15.5. The first-order valence-electron chi connectivity index (χ1n) is 8.68. The molecule has 1 aliphatic rings. The number of aromatic nitrogens is 1. The number of hydrogen-bond acceptors (Lipinski definition) is 1. The van der Waals surface area contributed by atoms with Crippen molar-refractivity contribution in [1.82, 2.24) is 9.47 Å². The molecule has 2 aromatic rings. The van der Waals surface area contributed by atoms with Gasteiger partial charge in [-0.25, -0.2) is 0 Å². The van der Waals surface area contributed by atoms with E-state index in [-0.39, 0.29) is 0 Å². The summed E-state index contributed by atoms with van der Waals surface area (Å²) in [6, 6.07) is 6.69. The van der Waals surface area contributed by atoms with Crippen molar-refractivity contribution >= 4 is 26.8 Å². The zero-order chi connectivity index (χ0) is 15.5. The molecular formula is C19H27BrN2. The van der Waals surface area contributed by atoms with Crippen molar-refractivity contribution in [2.75, 3.05) is 13.1 Å². The lowest BCUT2D eigenvalue weighted by Gasteiger charge is -2.27. The van der Waals surface area contributed by atoms with Gasteiger partial charge in [-0.2, -0.15) is 0 Å². The Labute approximate surface area is 142 Å². The summed E-state index contributed by atoms with van der Waals surface area (Å²) >= 11 is 3.63. The molecule has 0 saturated carbocycles. The van der Waals surface area contributed by atoms with Crippen LogP contribution in [0, 0.1) is 0 Å². The first kappa shape index (κ1) is 16.1. The topological polar surface area (TPSA) is 8.17 Å². The van der Waals surface area contributed by atoms with E-state index in [1.165, 1.54) is 72.7 Å². The normalized spacial score (nSPS) is 15.4. The van der Waals surface area contributed by atoms with Crippen LogP contribution in [0.1, 0.15) is 50.3 Å². The predicted molar refractivity (Wildman–Crippen MR) is 98.4 cm³/mol. The van der Waals surface area contributed by atoms with Crippen LogP contribution >= 0.6 is 15.9 Å². The molecule has 1 aliphatic heterocycles. The summed E-state index contributed by atoms with van der Waals surface area (Å²) in [4.78, 5) is 2.65. The van der Waals surface area contributed by atoms with Crippen molar-refractivity contribution < 1.29 is 0 Å². The van der Waals surface area contributed by atoms with Crippen LogP contribution in [0.25, 0.3) is 10.9 Å². The average molecular weight is 363 g/mol. The van der Waals surface area contributed by atoms with Crippen molar-refractivity contribution in [1.29, 1.82) is 0 Å². The molecule has 1 aromatic carbocycles. The van der Waals surface area contributed by atoms with Gasteiger partial charge in [0.05, 0.1) is 0 Å². The summed E-state index contributed by atoms with van der Waals surface area (Å²) in [5.74, 6) is 0. The number of halogens is 1. The van der Waals surface area contributed by atoms with Crippen LogP contribution in [-0.2, 0) is 20.0 Å². The molecule has 0 aliphatic carbocycles. The smallest absolute Gasteiger partial charge is 0.0484 e. The molecule has 3 rings (SSSR count). The van der Waals surface area contributed by atoms with Crippen LogP contribution in [0.4, 0.5) is 0 Å². The molecule has 0 bridgehead atoms. The van der Waals surface area contributed by atoms with E-state index in [1.807, 2.05) is 0 Å². The molecule has 22 heavy (non-hydrogen) atoms. The van der Waals surface area contributed by atoms with E-state index in [4.69, 9.17) is 0 Å². The van der Waals surface area contributed by atoms with Crippen LogP contribution in [-0.4, -0.2) is 22.6 Å². The predicted octanol–water partition coefficient (Wildman–Crippen LogP) is 5.27. The van der Waals surface area contributed by atoms with Gasteiger partial charge < -0.3 is 4.57 Å². The van der Waals surface area contributed by atoms with Gasteiger partial charge in [-0.1, -0.05) is 48.5 Å². The number of aryl methyl sites for hydroxylation is 1. The molecule has 3 heteroatoms. The maximum atomic E-state index is 3.63. The fourth-order valence-corrected chi connectivity index (χ4v) is 4.10. The lowest BCUT2D eigenvalue weighted by atomic mass is 10.0. The average Bonchev–Trinajstić information content (AvgIpc) is 2.79. The highest BCUT2D eigenvalue weighted by molar-refractivity contribution is 9.10. The lowest BCUT2D eigenvalue weighted by molar-refractivity contribution is 0.246. The molecule has 0 unspecified atom stereocenters. The highest BCUT2D eigenvalue weighted by Crippen LogP contribution is 2.32. The minimum absolute atomic E-state index is 1.12. The van der Waals surface area contributed by atoms with E-state index in [2.05, 4.69) is 57.6 Å². The van der Waals surface area contributed by atoms with E-state index in [0.29, 0.717) is 0 Å². The minimum Gasteiger partial charge on any atom is -0.347 e. The van der Waals surface area contributed by atoms with E-state index >= 15 is 0 Å². The quantitative estimate of drug-likeness (QED) is 0.635. The first-order chi connectivity index (χ1) is 10.7. The fraction of sp³-hybridized carbons (Fsp3) is 0.579. The lowest BCUT2D eigenvalue weighted by Crippen LogP contribution is -2.31. The molecular weight excluding hydrogens is 336 g/mol. The molecule has 0 N–H and O–H groups in total. The van der Waals surface area contributed by atoms with Gasteiger partial charge in [0.15, 0.2) is 0 Å². The van der Waals surface area contributed by atoms with Gasteiger partial charge in [0.1, 0.15) is 0 Å². The Balaban J connectivity index is 1.71. The second-order valence-electron chi connectivity index (χ2n) is 6.59. The Morgan fingerprint density at radius 1 is 1.14 bits per heavy atom. The molecule has 2 heterocycles. The van der Waals surface area contributed by atoms with E-state index < -0.39 is 0 Å². The van der Waals surface area contributed by atoms with Crippen LogP contribution in [0.2, 0.25) is 0 Å². The monoisotopic (exact) mass is 362 g/mol. The first-order valence-corrected chi connectivity index (χ1v) is 9.48. The molecule has 0 radical (unpaired) electrons. The van der Waals surface area contributed by atoms with Crippen LogP contribution < -0.4 is 0 Å². The third-order valence-corrected chi connectivity index (χ3v) is 5.52. The number of hydrogen-bond donors (Lipinski definition) is 0. The molecule has 0 saturated heterocycles. The number of unbranched alkanes of at least 4 members (excludes halogenated alkanes) is 4. The maximum Gasteiger partial charge on any atom is 0.0484 e. The highest BCUT2D eigenvalue weighted by Gasteiger charge is 2.22. The van der Waals surface area contributed by atoms with E-state index in [9.17, 15) is 0 Å². The summed E-state index contributed by atoms with van der Waals surface area (Å²) in [6.45, 7) is 5.88. The van der Waals surface area contributed by atoms with Gasteiger partial charge in [-0.15, -0.1) is 0 Å². The van der Waals surface area contributed by atoms with Gasteiger partial charge >= 0.3 is 0 Å². The third-order valence-electron chi connectivity index (χ3n) is 5.02. The van der Waals surface area contributed by atoms with E-state index in [0.717, 1.165) is 6.54 Å². The Morgan fingerprint density at radius 3 is 2.77 bits per heavy atom. The van der Waals surface area contributed by atoms with Crippen molar-refractivity contribution in [2.45, 2.75) is 52.0 Å². The zero-order valence-electron chi connectivity index (χ0n) is 13.9. The number of nitrogens with zero attached hydrogens (tertiary/aromatic N) is 2. The summed E-state index contributed by atoms with van der Waals surface area (Å²) < 4.78 is 3.58. The Kier molecular flexibility index (Phi) is 5.25. The van der Waals surface area contributed by atoms with Crippen molar-refractivity contribution in [2.24, 2.45) is 7.05 Å². The fourth-order valence-electron chi connectivity index (χ4n) is 3.74. The number of benzene rings is 1. The third kappa shape index (κ3) is 3.26. The Morgan fingerprint density at radius 2 is 1.95 bits per heavy atom.